The van der Waals surface area contributed by atoms with E-state index in [4.69, 9.17) is 16.3 Å². The van der Waals surface area contributed by atoms with Crippen LogP contribution in [0.3, 0.4) is 0 Å². The van der Waals surface area contributed by atoms with Gasteiger partial charge in [0.05, 0.1) is 10.7 Å². The molecule has 0 fully saturated rings. The summed E-state index contributed by atoms with van der Waals surface area (Å²) in [4.78, 5) is 41.2. The normalized spacial score (nSPS) is 12.9. The quantitative estimate of drug-likeness (QED) is 0.384. The summed E-state index contributed by atoms with van der Waals surface area (Å²) in [6, 6.07) is 9.02. The summed E-state index contributed by atoms with van der Waals surface area (Å²) >= 11 is 10.6. The number of hydrogen-bond acceptors (Lipinski definition) is 5. The number of amides is 3. The summed E-state index contributed by atoms with van der Waals surface area (Å²) in [5, 5.41) is 5.90. The zero-order valence-electron chi connectivity index (χ0n) is 21.9. The molecule has 3 amide bonds. The lowest BCUT2D eigenvalue weighted by molar-refractivity contribution is -0.140. The summed E-state index contributed by atoms with van der Waals surface area (Å²) in [7, 11) is 0. The van der Waals surface area contributed by atoms with E-state index in [9.17, 15) is 14.4 Å². The number of nitrogens with zero attached hydrogens (tertiary/aromatic N) is 1. The molecule has 0 spiro atoms. The monoisotopic (exact) mass is 533 g/mol. The molecule has 0 aromatic heterocycles. The Kier molecular flexibility index (Phi) is 10.3. The molecule has 0 radical (unpaired) electrons. The van der Waals surface area contributed by atoms with Crippen LogP contribution in [0.2, 0.25) is 5.02 Å². The highest BCUT2D eigenvalue weighted by atomic mass is 35.5. The number of ether oxygens (including phenoxy) is 1. The number of alkyl carbamates (subject to hydrolysis) is 1. The Labute approximate surface area is 224 Å². The zero-order valence-corrected chi connectivity index (χ0v) is 23.6. The number of hydrogen-bond donors (Lipinski definition) is 3. The molecule has 7 nitrogen and oxygen atoms in total. The standard InChI is InChI=1S/C27H36ClN3O4S/c1-8-31(25(33)21(15-36)29-26(34)35-27(5,6)7)23(19-13-12-16(2)18(4)14-19)24(32)30-22-17(3)10-9-11-20(22)28/h9-14,21,23,36H,8,15H2,1-7H3,(H,29,34)(H,30,32). The van der Waals surface area contributed by atoms with Crippen LogP contribution in [0.4, 0.5) is 10.5 Å². The first kappa shape index (κ1) is 29.5. The average Bonchev–Trinajstić information content (AvgIpc) is 2.78. The Balaban J connectivity index is 2.47. The van der Waals surface area contributed by atoms with E-state index < -0.39 is 35.6 Å². The molecule has 196 valence electrons. The topological polar surface area (TPSA) is 87.7 Å². The highest BCUT2D eigenvalue weighted by Gasteiger charge is 2.35. The van der Waals surface area contributed by atoms with Gasteiger partial charge in [0.2, 0.25) is 5.91 Å². The molecular weight excluding hydrogens is 498 g/mol. The number of thiol groups is 1. The van der Waals surface area contributed by atoms with E-state index in [1.807, 2.05) is 45.0 Å². The Bertz CT molecular complexity index is 1100. The molecule has 9 heteroatoms. The van der Waals surface area contributed by atoms with Crippen LogP contribution in [0.25, 0.3) is 0 Å². The summed E-state index contributed by atoms with van der Waals surface area (Å²) in [6.45, 7) is 13.0. The fourth-order valence-corrected chi connectivity index (χ4v) is 4.21. The number of likely N-dealkylation sites (N-methyl/N-ethyl adjacent to an activating group) is 1. The van der Waals surface area contributed by atoms with Crippen LogP contribution in [0.15, 0.2) is 36.4 Å². The van der Waals surface area contributed by atoms with E-state index in [1.165, 1.54) is 4.90 Å². The Morgan fingerprint density at radius 3 is 2.25 bits per heavy atom. The third kappa shape index (κ3) is 7.64. The number of benzene rings is 2. The molecule has 0 saturated heterocycles. The summed E-state index contributed by atoms with van der Waals surface area (Å²) in [5.41, 5.74) is 3.25. The van der Waals surface area contributed by atoms with Crippen molar-refractivity contribution in [3.8, 4) is 0 Å². The van der Waals surface area contributed by atoms with Crippen LogP contribution in [-0.4, -0.2) is 46.7 Å². The molecular formula is C27H36ClN3O4S. The number of carbonyl (C=O) groups is 3. The number of nitrogens with one attached hydrogen (secondary N) is 2. The molecule has 2 unspecified atom stereocenters. The van der Waals surface area contributed by atoms with Gasteiger partial charge in [-0.15, -0.1) is 0 Å². The number of anilines is 1. The highest BCUT2D eigenvalue weighted by Crippen LogP contribution is 2.30. The van der Waals surface area contributed by atoms with Gasteiger partial charge in [-0.3, -0.25) is 9.59 Å². The summed E-state index contributed by atoms with van der Waals surface area (Å²) in [5.74, 6) is -0.841. The molecule has 0 aliphatic heterocycles. The lowest BCUT2D eigenvalue weighted by Gasteiger charge is -2.33. The second kappa shape index (κ2) is 12.5. The van der Waals surface area contributed by atoms with Crippen molar-refractivity contribution in [2.75, 3.05) is 17.6 Å². The van der Waals surface area contributed by atoms with Gasteiger partial charge < -0.3 is 20.3 Å². The van der Waals surface area contributed by atoms with Crippen LogP contribution in [0.1, 0.15) is 56.0 Å². The van der Waals surface area contributed by atoms with Crippen molar-refractivity contribution < 1.29 is 19.1 Å². The minimum Gasteiger partial charge on any atom is -0.444 e. The maximum atomic E-state index is 13.7. The van der Waals surface area contributed by atoms with Crippen molar-refractivity contribution in [3.63, 3.8) is 0 Å². The van der Waals surface area contributed by atoms with Gasteiger partial charge in [0.15, 0.2) is 0 Å². The van der Waals surface area contributed by atoms with Crippen LogP contribution in [0.5, 0.6) is 0 Å². The number of rotatable bonds is 8. The van der Waals surface area contributed by atoms with Gasteiger partial charge in [-0.1, -0.05) is 41.9 Å². The molecule has 0 bridgehead atoms. The number of para-hydroxylation sites is 1. The lowest BCUT2D eigenvalue weighted by atomic mass is 9.98. The third-order valence-corrected chi connectivity index (χ3v) is 6.35. The van der Waals surface area contributed by atoms with Crippen LogP contribution in [-0.2, 0) is 14.3 Å². The van der Waals surface area contributed by atoms with Crippen molar-refractivity contribution in [3.05, 3.63) is 63.7 Å². The van der Waals surface area contributed by atoms with Gasteiger partial charge in [0.1, 0.15) is 17.7 Å². The van der Waals surface area contributed by atoms with E-state index in [0.29, 0.717) is 16.3 Å². The Morgan fingerprint density at radius 1 is 1.06 bits per heavy atom. The fourth-order valence-electron chi connectivity index (χ4n) is 3.69. The van der Waals surface area contributed by atoms with Crippen molar-refractivity contribution in [2.24, 2.45) is 0 Å². The minimum absolute atomic E-state index is 0.0272. The first-order chi connectivity index (χ1) is 16.8. The average molecular weight is 534 g/mol. The second-order valence-electron chi connectivity index (χ2n) is 9.67. The van der Waals surface area contributed by atoms with Crippen molar-refractivity contribution in [1.29, 1.82) is 0 Å². The molecule has 2 aromatic rings. The molecule has 2 aromatic carbocycles. The van der Waals surface area contributed by atoms with Crippen LogP contribution in [0, 0.1) is 20.8 Å². The predicted molar refractivity (Wildman–Crippen MR) is 148 cm³/mol. The van der Waals surface area contributed by atoms with Gasteiger partial charge >= 0.3 is 6.09 Å². The summed E-state index contributed by atoms with van der Waals surface area (Å²) < 4.78 is 5.31. The largest absolute Gasteiger partial charge is 0.444 e. The van der Waals surface area contributed by atoms with Crippen LogP contribution >= 0.6 is 24.2 Å². The fraction of sp³-hybridized carbons (Fsp3) is 0.444. The molecule has 0 aliphatic carbocycles. The van der Waals surface area contributed by atoms with E-state index in [-0.39, 0.29) is 12.3 Å². The summed E-state index contributed by atoms with van der Waals surface area (Å²) in [6.07, 6.45) is -0.732. The minimum atomic E-state index is -0.993. The van der Waals surface area contributed by atoms with Crippen molar-refractivity contribution >= 4 is 47.8 Å². The van der Waals surface area contributed by atoms with Crippen molar-refractivity contribution in [1.82, 2.24) is 10.2 Å². The molecule has 2 N–H and O–H groups in total. The molecule has 2 atom stereocenters. The van der Waals surface area contributed by atoms with Gasteiger partial charge in [-0.05, 0) is 76.8 Å². The van der Waals surface area contributed by atoms with E-state index in [1.54, 1.807) is 39.8 Å². The number of aryl methyl sites for hydroxylation is 3. The molecule has 0 saturated carbocycles. The molecule has 2 rings (SSSR count). The first-order valence-electron chi connectivity index (χ1n) is 11.8. The predicted octanol–water partition coefficient (Wildman–Crippen LogP) is 5.62. The van der Waals surface area contributed by atoms with Gasteiger partial charge in [-0.25, -0.2) is 4.79 Å². The van der Waals surface area contributed by atoms with Crippen LogP contribution < -0.4 is 10.6 Å². The third-order valence-electron chi connectivity index (χ3n) is 5.67. The lowest BCUT2D eigenvalue weighted by Crippen LogP contribution is -2.53. The zero-order chi connectivity index (χ0) is 27.2. The van der Waals surface area contributed by atoms with Gasteiger partial charge in [-0.2, -0.15) is 12.6 Å². The smallest absolute Gasteiger partial charge is 0.408 e. The Morgan fingerprint density at radius 2 is 1.72 bits per heavy atom. The van der Waals surface area contributed by atoms with E-state index in [0.717, 1.165) is 16.7 Å². The maximum absolute atomic E-state index is 13.7. The molecule has 0 aliphatic rings. The first-order valence-corrected chi connectivity index (χ1v) is 12.8. The van der Waals surface area contributed by atoms with E-state index >= 15 is 0 Å². The second-order valence-corrected chi connectivity index (χ2v) is 10.4. The van der Waals surface area contributed by atoms with Gasteiger partial charge in [0, 0.05) is 12.3 Å². The van der Waals surface area contributed by atoms with Gasteiger partial charge in [0.25, 0.3) is 5.91 Å². The molecule has 0 heterocycles. The highest BCUT2D eigenvalue weighted by molar-refractivity contribution is 7.80. The Hall–Kier alpha value is -2.71. The molecule has 36 heavy (non-hydrogen) atoms. The number of halogens is 1. The number of carbonyl (C=O) groups excluding carboxylic acids is 3. The maximum Gasteiger partial charge on any atom is 0.408 e. The van der Waals surface area contributed by atoms with E-state index in [2.05, 4.69) is 23.3 Å². The SMILES string of the molecule is CCN(C(=O)C(CS)NC(=O)OC(C)(C)C)C(C(=O)Nc1c(C)cccc1Cl)c1ccc(C)c(C)c1. The van der Waals surface area contributed by atoms with Crippen molar-refractivity contribution in [2.45, 2.75) is 66.2 Å².